The highest BCUT2D eigenvalue weighted by Gasteiger charge is 2.21. The number of hydrogen-bond acceptors (Lipinski definition) is 3. The molecule has 1 aromatic carbocycles. The quantitative estimate of drug-likeness (QED) is 0.801. The van der Waals surface area contributed by atoms with Crippen LogP contribution in [-0.4, -0.2) is 19.7 Å². The molecule has 0 aromatic heterocycles. The van der Waals surface area contributed by atoms with E-state index >= 15 is 0 Å². The Balaban J connectivity index is 3.27. The van der Waals surface area contributed by atoms with Crippen molar-refractivity contribution in [2.45, 2.75) is 6.61 Å². The highest BCUT2D eigenvalue weighted by atomic mass is 79.9. The second kappa shape index (κ2) is 5.45. The molecule has 0 saturated carbocycles. The lowest BCUT2D eigenvalue weighted by Gasteiger charge is -2.11. The van der Waals surface area contributed by atoms with Crippen LogP contribution in [0.3, 0.4) is 0 Å². The number of carbonyl (C=O) groups is 1. The Morgan fingerprint density at radius 2 is 2.12 bits per heavy atom. The molecular weight excluding hydrogens is 309 g/mol. The SMILES string of the molecule is COC(=O)c1ccc(Br)c(Cl)c1OC(F)F. The van der Waals surface area contributed by atoms with Crippen LogP contribution < -0.4 is 4.74 Å². The Morgan fingerprint density at radius 3 is 2.62 bits per heavy atom. The Hall–Kier alpha value is -0.880. The summed E-state index contributed by atoms with van der Waals surface area (Å²) >= 11 is 8.76. The molecule has 0 aliphatic heterocycles. The summed E-state index contributed by atoms with van der Waals surface area (Å²) in [6.45, 7) is -3.07. The Kier molecular flexibility index (Phi) is 4.49. The van der Waals surface area contributed by atoms with Crippen LogP contribution in [0.1, 0.15) is 10.4 Å². The van der Waals surface area contributed by atoms with Crippen molar-refractivity contribution < 1.29 is 23.0 Å². The predicted molar refractivity (Wildman–Crippen MR) is 57.1 cm³/mol. The minimum Gasteiger partial charge on any atom is -0.465 e. The maximum Gasteiger partial charge on any atom is 0.387 e. The van der Waals surface area contributed by atoms with Gasteiger partial charge in [-0.1, -0.05) is 11.6 Å². The van der Waals surface area contributed by atoms with Crippen molar-refractivity contribution in [1.29, 1.82) is 0 Å². The lowest BCUT2D eigenvalue weighted by Crippen LogP contribution is -2.09. The van der Waals surface area contributed by atoms with E-state index in [9.17, 15) is 13.6 Å². The van der Waals surface area contributed by atoms with E-state index < -0.39 is 18.3 Å². The number of alkyl halides is 2. The topological polar surface area (TPSA) is 35.5 Å². The Morgan fingerprint density at radius 1 is 1.50 bits per heavy atom. The zero-order valence-electron chi connectivity index (χ0n) is 7.97. The summed E-state index contributed by atoms with van der Waals surface area (Å²) in [6, 6.07) is 2.71. The van der Waals surface area contributed by atoms with E-state index in [-0.39, 0.29) is 10.6 Å². The van der Waals surface area contributed by atoms with Gasteiger partial charge in [-0.15, -0.1) is 0 Å². The molecule has 0 amide bonds. The van der Waals surface area contributed by atoms with Crippen molar-refractivity contribution in [3.8, 4) is 5.75 Å². The summed E-state index contributed by atoms with van der Waals surface area (Å²) in [6.07, 6.45) is 0. The molecule has 0 unspecified atom stereocenters. The molecule has 0 bridgehead atoms. The average Bonchev–Trinajstić information content (AvgIpc) is 2.23. The molecule has 0 saturated heterocycles. The number of hydrogen-bond donors (Lipinski definition) is 0. The molecule has 0 aliphatic carbocycles. The molecule has 0 atom stereocenters. The van der Waals surface area contributed by atoms with Crippen LogP contribution in [0.4, 0.5) is 8.78 Å². The molecule has 1 rings (SSSR count). The molecular formula is C9H6BrClF2O3. The number of methoxy groups -OCH3 is 1. The highest BCUT2D eigenvalue weighted by molar-refractivity contribution is 9.10. The van der Waals surface area contributed by atoms with Crippen LogP contribution in [0.25, 0.3) is 0 Å². The maximum atomic E-state index is 12.1. The third-order valence-electron chi connectivity index (χ3n) is 1.66. The number of esters is 1. The van der Waals surface area contributed by atoms with Crippen molar-refractivity contribution in [3.63, 3.8) is 0 Å². The summed E-state index contributed by atoms with van der Waals surface area (Å²) in [7, 11) is 1.13. The predicted octanol–water partition coefficient (Wildman–Crippen LogP) is 3.49. The van der Waals surface area contributed by atoms with E-state index in [0.29, 0.717) is 4.47 Å². The first-order valence-corrected chi connectivity index (χ1v) is 5.15. The first kappa shape index (κ1) is 13.2. The minimum absolute atomic E-state index is 0.108. The Bertz CT molecular complexity index is 412. The minimum atomic E-state index is -3.07. The molecule has 0 N–H and O–H groups in total. The smallest absolute Gasteiger partial charge is 0.387 e. The van der Waals surface area contributed by atoms with Crippen molar-refractivity contribution in [1.82, 2.24) is 0 Å². The summed E-state index contributed by atoms with van der Waals surface area (Å²) in [4.78, 5) is 11.3. The molecule has 0 aliphatic rings. The number of halogens is 4. The van der Waals surface area contributed by atoms with Crippen molar-refractivity contribution in [3.05, 3.63) is 27.2 Å². The second-order valence-electron chi connectivity index (χ2n) is 2.61. The lowest BCUT2D eigenvalue weighted by molar-refractivity contribution is -0.0503. The first-order valence-electron chi connectivity index (χ1n) is 3.98. The highest BCUT2D eigenvalue weighted by Crippen LogP contribution is 2.36. The van der Waals surface area contributed by atoms with Crippen LogP contribution in [0, 0.1) is 0 Å². The van der Waals surface area contributed by atoms with Gasteiger partial charge in [0.15, 0.2) is 5.75 Å². The van der Waals surface area contributed by atoms with Crippen LogP contribution in [0.15, 0.2) is 16.6 Å². The number of benzene rings is 1. The molecule has 0 radical (unpaired) electrons. The molecule has 3 nitrogen and oxygen atoms in total. The van der Waals surface area contributed by atoms with Gasteiger partial charge in [-0.2, -0.15) is 8.78 Å². The Labute approximate surface area is 103 Å². The third kappa shape index (κ3) is 2.82. The molecule has 16 heavy (non-hydrogen) atoms. The van der Waals surface area contributed by atoms with Crippen LogP contribution in [0.2, 0.25) is 5.02 Å². The normalized spacial score (nSPS) is 10.4. The van der Waals surface area contributed by atoms with Gasteiger partial charge in [0.05, 0.1) is 12.1 Å². The van der Waals surface area contributed by atoms with E-state index in [4.69, 9.17) is 11.6 Å². The molecule has 0 heterocycles. The summed E-state index contributed by atoms with van der Waals surface area (Å²) in [5, 5.41) is -0.108. The van der Waals surface area contributed by atoms with Gasteiger partial charge >= 0.3 is 12.6 Å². The van der Waals surface area contributed by atoms with Gasteiger partial charge in [0.2, 0.25) is 0 Å². The van der Waals surface area contributed by atoms with Crippen molar-refractivity contribution in [2.75, 3.05) is 7.11 Å². The summed E-state index contributed by atoms with van der Waals surface area (Å²) in [5.41, 5.74) is -0.156. The molecule has 7 heteroatoms. The van der Waals surface area contributed by atoms with Crippen LogP contribution >= 0.6 is 27.5 Å². The maximum absolute atomic E-state index is 12.1. The van der Waals surface area contributed by atoms with Gasteiger partial charge in [-0.05, 0) is 28.1 Å². The number of rotatable bonds is 3. The number of carbonyl (C=O) groups excluding carboxylic acids is 1. The zero-order chi connectivity index (χ0) is 12.3. The average molecular weight is 315 g/mol. The van der Waals surface area contributed by atoms with Gasteiger partial charge < -0.3 is 9.47 Å². The lowest BCUT2D eigenvalue weighted by atomic mass is 10.2. The molecule has 0 fully saturated rings. The van der Waals surface area contributed by atoms with E-state index in [1.807, 2.05) is 0 Å². The van der Waals surface area contributed by atoms with Crippen molar-refractivity contribution >= 4 is 33.5 Å². The van der Waals surface area contributed by atoms with E-state index in [2.05, 4.69) is 25.4 Å². The standard InChI is InChI=1S/C9H6BrClF2O3/c1-15-8(14)4-2-3-5(10)6(11)7(4)16-9(12)13/h2-3,9H,1H3. The fraction of sp³-hybridized carbons (Fsp3) is 0.222. The van der Waals surface area contributed by atoms with Crippen LogP contribution in [0.5, 0.6) is 5.75 Å². The largest absolute Gasteiger partial charge is 0.465 e. The molecule has 1 aromatic rings. The monoisotopic (exact) mass is 314 g/mol. The van der Waals surface area contributed by atoms with Gasteiger partial charge in [0, 0.05) is 4.47 Å². The van der Waals surface area contributed by atoms with E-state index in [1.165, 1.54) is 12.1 Å². The van der Waals surface area contributed by atoms with Gasteiger partial charge in [0.1, 0.15) is 5.56 Å². The molecule has 0 spiro atoms. The van der Waals surface area contributed by atoms with E-state index in [0.717, 1.165) is 7.11 Å². The van der Waals surface area contributed by atoms with Gasteiger partial charge in [0.25, 0.3) is 0 Å². The van der Waals surface area contributed by atoms with Crippen molar-refractivity contribution in [2.24, 2.45) is 0 Å². The fourth-order valence-corrected chi connectivity index (χ4v) is 1.53. The fourth-order valence-electron chi connectivity index (χ4n) is 1.01. The third-order valence-corrected chi connectivity index (χ3v) is 2.93. The van der Waals surface area contributed by atoms with E-state index in [1.54, 1.807) is 0 Å². The summed E-state index contributed by atoms with van der Waals surface area (Å²) < 4.78 is 33.2. The number of ether oxygens (including phenoxy) is 2. The zero-order valence-corrected chi connectivity index (χ0v) is 10.3. The second-order valence-corrected chi connectivity index (χ2v) is 3.84. The van der Waals surface area contributed by atoms with Gasteiger partial charge in [-0.3, -0.25) is 0 Å². The van der Waals surface area contributed by atoms with Gasteiger partial charge in [-0.25, -0.2) is 4.79 Å². The van der Waals surface area contributed by atoms with Crippen LogP contribution in [-0.2, 0) is 4.74 Å². The summed E-state index contributed by atoms with van der Waals surface area (Å²) in [5.74, 6) is -1.21. The molecule has 88 valence electrons. The first-order chi connectivity index (χ1) is 7.47.